The summed E-state index contributed by atoms with van der Waals surface area (Å²) >= 11 is 0. The number of allylic oxidation sites excluding steroid dienone is 1. The van der Waals surface area contributed by atoms with Crippen molar-refractivity contribution in [3.8, 4) is 0 Å². The number of amides is 2. The maximum atomic E-state index is 13.4. The van der Waals surface area contributed by atoms with E-state index >= 15 is 0 Å². The van der Waals surface area contributed by atoms with E-state index in [4.69, 9.17) is 4.99 Å². The molecule has 40 heavy (non-hydrogen) atoms. The largest absolute Gasteiger partial charge is 0.385 e. The molecule has 1 aromatic carbocycles. The molecule has 4 aliphatic heterocycles. The highest BCUT2D eigenvalue weighted by Gasteiger charge is 2.27. The first-order chi connectivity index (χ1) is 19.4. The fourth-order valence-corrected chi connectivity index (χ4v) is 6.35. The lowest BCUT2D eigenvalue weighted by Crippen LogP contribution is -2.48. The van der Waals surface area contributed by atoms with Crippen molar-refractivity contribution in [2.24, 2.45) is 4.99 Å². The summed E-state index contributed by atoms with van der Waals surface area (Å²) in [5.74, 6) is 0.0778. The van der Waals surface area contributed by atoms with Crippen LogP contribution in [-0.2, 0) is 22.6 Å². The molecule has 9 heteroatoms. The highest BCUT2D eigenvalue weighted by Crippen LogP contribution is 2.21. The summed E-state index contributed by atoms with van der Waals surface area (Å²) in [7, 11) is 2.16. The lowest BCUT2D eigenvalue weighted by Gasteiger charge is -2.36. The van der Waals surface area contributed by atoms with Crippen molar-refractivity contribution in [1.82, 2.24) is 30.2 Å². The predicted molar refractivity (Wildman–Crippen MR) is 159 cm³/mol. The van der Waals surface area contributed by atoms with Gasteiger partial charge in [-0.2, -0.15) is 0 Å². The summed E-state index contributed by atoms with van der Waals surface area (Å²) in [6.45, 7) is 10.9. The molecule has 0 radical (unpaired) electrons. The van der Waals surface area contributed by atoms with Crippen molar-refractivity contribution in [2.75, 3.05) is 66.0 Å². The number of nitrogens with zero attached hydrogens (tertiary/aromatic N) is 5. The van der Waals surface area contributed by atoms with E-state index in [0.717, 1.165) is 103 Å². The Morgan fingerprint density at radius 3 is 2.45 bits per heavy atom. The molecule has 1 unspecified atom stereocenters. The Kier molecular flexibility index (Phi) is 9.88. The number of benzene rings is 1. The van der Waals surface area contributed by atoms with Crippen LogP contribution in [0.1, 0.15) is 50.2 Å². The molecule has 0 saturated carbocycles. The number of piperazine rings is 1. The molecule has 2 N–H and O–H groups in total. The summed E-state index contributed by atoms with van der Waals surface area (Å²) in [4.78, 5) is 39.4. The quantitative estimate of drug-likeness (QED) is 0.482. The van der Waals surface area contributed by atoms with E-state index in [1.54, 1.807) is 6.92 Å². The average Bonchev–Trinajstić information content (AvgIpc) is 3.18. The van der Waals surface area contributed by atoms with Gasteiger partial charge in [-0.15, -0.1) is 0 Å². The topological polar surface area (TPSA) is 83.5 Å². The first-order valence-electron chi connectivity index (χ1n) is 15.2. The lowest BCUT2D eigenvalue weighted by atomic mass is 10.00. The van der Waals surface area contributed by atoms with E-state index in [1.165, 1.54) is 11.1 Å². The molecule has 4 aliphatic rings. The Bertz CT molecular complexity index is 1090. The van der Waals surface area contributed by atoms with Gasteiger partial charge in [0.05, 0.1) is 0 Å². The zero-order valence-electron chi connectivity index (χ0n) is 24.4. The molecule has 0 aliphatic carbocycles. The maximum Gasteiger partial charge on any atom is 0.269 e. The van der Waals surface area contributed by atoms with E-state index in [2.05, 4.69) is 56.6 Å². The van der Waals surface area contributed by atoms with E-state index < -0.39 is 0 Å². The van der Waals surface area contributed by atoms with E-state index in [9.17, 15) is 9.59 Å². The molecule has 2 fully saturated rings. The van der Waals surface area contributed by atoms with Crippen molar-refractivity contribution < 1.29 is 9.59 Å². The van der Waals surface area contributed by atoms with Gasteiger partial charge in [-0.25, -0.2) is 0 Å². The molecule has 1 aromatic rings. The highest BCUT2D eigenvalue weighted by molar-refractivity contribution is 6.43. The molecule has 5 rings (SSSR count). The van der Waals surface area contributed by atoms with E-state index in [1.807, 2.05) is 11.0 Å². The van der Waals surface area contributed by atoms with E-state index in [-0.39, 0.29) is 18.0 Å². The second-order valence-electron chi connectivity index (χ2n) is 11.9. The van der Waals surface area contributed by atoms with Crippen LogP contribution in [0.25, 0.3) is 0 Å². The van der Waals surface area contributed by atoms with Gasteiger partial charge in [0, 0.05) is 84.1 Å². The lowest BCUT2D eigenvalue weighted by molar-refractivity contribution is -0.129. The first kappa shape index (κ1) is 28.8. The van der Waals surface area contributed by atoms with Crippen molar-refractivity contribution in [2.45, 2.75) is 64.2 Å². The number of fused-ring (bicyclic) bond motifs is 1. The van der Waals surface area contributed by atoms with Crippen molar-refractivity contribution in [1.29, 1.82) is 0 Å². The average molecular weight is 550 g/mol. The van der Waals surface area contributed by atoms with Crippen LogP contribution in [0.5, 0.6) is 0 Å². The number of nitrogens with one attached hydrogen (secondary N) is 2. The summed E-state index contributed by atoms with van der Waals surface area (Å²) in [5.41, 5.74) is 4.53. The number of piperidine rings is 1. The zero-order chi connectivity index (χ0) is 27.9. The van der Waals surface area contributed by atoms with Crippen molar-refractivity contribution in [3.05, 3.63) is 47.2 Å². The molecule has 9 nitrogen and oxygen atoms in total. The number of rotatable bonds is 8. The molecule has 0 aromatic heterocycles. The fourth-order valence-electron chi connectivity index (χ4n) is 6.35. The van der Waals surface area contributed by atoms with Gasteiger partial charge in [0.1, 0.15) is 11.9 Å². The van der Waals surface area contributed by atoms with Crippen LogP contribution in [0.15, 0.2) is 41.0 Å². The Morgan fingerprint density at radius 1 is 0.950 bits per heavy atom. The number of carbonyl (C=O) groups excluding carboxylic acids is 2. The molecular formula is C31H47N7O2. The number of aliphatic imine (C=N–C) groups is 1. The Hall–Kier alpha value is -2.75. The second-order valence-corrected chi connectivity index (χ2v) is 11.9. The number of hydrogen-bond acceptors (Lipinski definition) is 7. The number of carbonyl (C=O) groups is 2. The van der Waals surface area contributed by atoms with Crippen LogP contribution in [0.2, 0.25) is 0 Å². The van der Waals surface area contributed by atoms with E-state index in [0.29, 0.717) is 18.3 Å². The third-order valence-corrected chi connectivity index (χ3v) is 8.94. The monoisotopic (exact) mass is 549 g/mol. The van der Waals surface area contributed by atoms with Crippen LogP contribution in [0, 0.1) is 0 Å². The molecule has 4 heterocycles. The summed E-state index contributed by atoms with van der Waals surface area (Å²) in [5, 5.41) is 6.89. The summed E-state index contributed by atoms with van der Waals surface area (Å²) in [6, 6.07) is 9.04. The Morgan fingerprint density at radius 2 is 1.70 bits per heavy atom. The van der Waals surface area contributed by atoms with Gasteiger partial charge in [-0.1, -0.05) is 24.3 Å². The maximum absolute atomic E-state index is 13.4. The van der Waals surface area contributed by atoms with Gasteiger partial charge < -0.3 is 20.4 Å². The predicted octanol–water partition coefficient (Wildman–Crippen LogP) is 1.84. The minimum Gasteiger partial charge on any atom is -0.385 e. The van der Waals surface area contributed by atoms with Crippen molar-refractivity contribution >= 4 is 17.5 Å². The third-order valence-electron chi connectivity index (χ3n) is 8.94. The summed E-state index contributed by atoms with van der Waals surface area (Å²) in [6.07, 6.45) is 7.68. The summed E-state index contributed by atoms with van der Waals surface area (Å²) < 4.78 is 0. The van der Waals surface area contributed by atoms with Crippen LogP contribution >= 0.6 is 0 Å². The SMILES string of the molecule is CC(=O)N1CCC(NC2=CC(C(=O)NCCCN3CCc4ccccc4C3)=NC(N3CCN(C)CC3)CC2)CC1. The number of likely N-dealkylation sites (N-methyl/N-ethyl adjacent to an activating group) is 1. The van der Waals surface area contributed by atoms with Gasteiger partial charge in [0.15, 0.2) is 0 Å². The molecular weight excluding hydrogens is 502 g/mol. The minimum absolute atomic E-state index is 0.0259. The van der Waals surface area contributed by atoms with Crippen molar-refractivity contribution in [3.63, 3.8) is 0 Å². The van der Waals surface area contributed by atoms with Crippen LogP contribution in [0.3, 0.4) is 0 Å². The second kappa shape index (κ2) is 13.7. The number of hydrogen-bond donors (Lipinski definition) is 2. The fraction of sp³-hybridized carbons (Fsp3) is 0.645. The first-order valence-corrected chi connectivity index (χ1v) is 15.2. The normalized spacial score (nSPS) is 23.6. The van der Waals surface area contributed by atoms with Crippen LogP contribution < -0.4 is 10.6 Å². The van der Waals surface area contributed by atoms with Crippen LogP contribution in [-0.4, -0.2) is 115 Å². The highest BCUT2D eigenvalue weighted by atomic mass is 16.2. The Balaban J connectivity index is 1.17. The van der Waals surface area contributed by atoms with Gasteiger partial charge in [-0.3, -0.25) is 24.4 Å². The minimum atomic E-state index is -0.0734. The zero-order valence-corrected chi connectivity index (χ0v) is 24.4. The van der Waals surface area contributed by atoms with Gasteiger partial charge >= 0.3 is 0 Å². The van der Waals surface area contributed by atoms with Crippen LogP contribution in [0.4, 0.5) is 0 Å². The third kappa shape index (κ3) is 7.71. The van der Waals surface area contributed by atoms with Gasteiger partial charge in [0.2, 0.25) is 5.91 Å². The molecule has 0 bridgehead atoms. The standard InChI is InChI=1S/C31H47N7O2/c1-24(39)37-16-11-27(12-17-37)33-28-8-9-30(38-20-18-35(2)19-21-38)34-29(22-28)31(40)32-13-5-14-36-15-10-25-6-3-4-7-26(25)23-36/h3-4,6-7,22,27,30,33H,5,8-21,23H2,1-2H3,(H,32,40). The molecule has 2 amide bonds. The molecule has 0 spiro atoms. The molecule has 218 valence electrons. The van der Waals surface area contributed by atoms with Gasteiger partial charge in [-0.05, 0) is 62.8 Å². The molecule has 2 saturated heterocycles. The Labute approximate surface area is 239 Å². The number of likely N-dealkylation sites (tertiary alicyclic amines) is 1. The molecule has 1 atom stereocenters. The smallest absolute Gasteiger partial charge is 0.269 e. The van der Waals surface area contributed by atoms with Gasteiger partial charge in [0.25, 0.3) is 5.91 Å².